The van der Waals surface area contributed by atoms with Gasteiger partial charge < -0.3 is 15.4 Å². The molecule has 1 amide bonds. The van der Waals surface area contributed by atoms with E-state index in [1.165, 1.54) is 0 Å². The molecule has 144 valence electrons. The lowest BCUT2D eigenvalue weighted by Crippen LogP contribution is -2.16. The fourth-order valence-electron chi connectivity index (χ4n) is 2.55. The van der Waals surface area contributed by atoms with E-state index >= 15 is 0 Å². The third kappa shape index (κ3) is 5.51. The molecule has 0 bridgehead atoms. The largest absolute Gasteiger partial charge is 0.491 e. The molecule has 0 fully saturated rings. The summed E-state index contributed by atoms with van der Waals surface area (Å²) in [5.74, 6) is 1.56. The van der Waals surface area contributed by atoms with Crippen LogP contribution in [-0.2, 0) is 6.54 Å². The van der Waals surface area contributed by atoms with Crippen molar-refractivity contribution in [2.24, 2.45) is 0 Å². The molecular formula is C21H23N5O2. The molecule has 0 aliphatic carbocycles. The maximum absolute atomic E-state index is 12.6. The number of anilines is 2. The number of hydrogen-bond acceptors (Lipinski definition) is 6. The van der Waals surface area contributed by atoms with Gasteiger partial charge in [-0.2, -0.15) is 0 Å². The van der Waals surface area contributed by atoms with Crippen LogP contribution >= 0.6 is 0 Å². The molecule has 28 heavy (non-hydrogen) atoms. The maximum atomic E-state index is 12.6. The quantitative estimate of drug-likeness (QED) is 0.650. The lowest BCUT2D eigenvalue weighted by atomic mass is 10.2. The summed E-state index contributed by atoms with van der Waals surface area (Å²) in [6.07, 6.45) is 3.60. The first-order valence-electron chi connectivity index (χ1n) is 9.06. The SMILES string of the molecule is Cc1nc(NCc2cccnc2)cc(C(=O)Nc2ccc(OC(C)C)cc2)n1. The number of pyridine rings is 1. The average molecular weight is 377 g/mol. The third-order valence-corrected chi connectivity index (χ3v) is 3.75. The number of nitrogens with one attached hydrogen (secondary N) is 2. The van der Waals surface area contributed by atoms with Crippen LogP contribution in [0.15, 0.2) is 54.9 Å². The molecule has 0 atom stereocenters. The van der Waals surface area contributed by atoms with Crippen molar-refractivity contribution in [2.75, 3.05) is 10.6 Å². The molecule has 0 spiro atoms. The summed E-state index contributed by atoms with van der Waals surface area (Å²) in [6, 6.07) is 12.7. The molecule has 3 rings (SSSR count). The normalized spacial score (nSPS) is 10.6. The summed E-state index contributed by atoms with van der Waals surface area (Å²) in [4.78, 5) is 25.2. The first-order valence-corrected chi connectivity index (χ1v) is 9.06. The molecular weight excluding hydrogens is 354 g/mol. The smallest absolute Gasteiger partial charge is 0.274 e. The first kappa shape index (κ1) is 19.3. The van der Waals surface area contributed by atoms with Crippen molar-refractivity contribution in [1.29, 1.82) is 0 Å². The van der Waals surface area contributed by atoms with Gasteiger partial charge in [-0.25, -0.2) is 9.97 Å². The Morgan fingerprint density at radius 1 is 1.14 bits per heavy atom. The number of ether oxygens (including phenoxy) is 1. The zero-order valence-electron chi connectivity index (χ0n) is 16.1. The Bertz CT molecular complexity index is 927. The van der Waals surface area contributed by atoms with Crippen molar-refractivity contribution in [3.05, 3.63) is 71.9 Å². The maximum Gasteiger partial charge on any atom is 0.274 e. The highest BCUT2D eigenvalue weighted by Crippen LogP contribution is 2.18. The molecule has 7 nitrogen and oxygen atoms in total. The van der Waals surface area contributed by atoms with Crippen LogP contribution in [0.4, 0.5) is 11.5 Å². The van der Waals surface area contributed by atoms with Gasteiger partial charge in [0.2, 0.25) is 0 Å². The van der Waals surface area contributed by atoms with E-state index in [9.17, 15) is 4.79 Å². The van der Waals surface area contributed by atoms with Crippen LogP contribution in [0.25, 0.3) is 0 Å². The number of carbonyl (C=O) groups is 1. The monoisotopic (exact) mass is 377 g/mol. The van der Waals surface area contributed by atoms with Crippen LogP contribution in [0, 0.1) is 6.92 Å². The van der Waals surface area contributed by atoms with E-state index in [-0.39, 0.29) is 12.0 Å². The molecule has 0 unspecified atom stereocenters. The van der Waals surface area contributed by atoms with Gasteiger partial charge in [0.15, 0.2) is 0 Å². The lowest BCUT2D eigenvalue weighted by molar-refractivity contribution is 0.102. The van der Waals surface area contributed by atoms with Crippen LogP contribution in [0.1, 0.15) is 35.7 Å². The van der Waals surface area contributed by atoms with Crippen LogP contribution < -0.4 is 15.4 Å². The molecule has 3 aromatic rings. The zero-order chi connectivity index (χ0) is 19.9. The van der Waals surface area contributed by atoms with Crippen LogP contribution in [-0.4, -0.2) is 27.0 Å². The molecule has 2 aromatic heterocycles. The summed E-state index contributed by atoms with van der Waals surface area (Å²) in [6.45, 7) is 6.24. The molecule has 0 saturated carbocycles. The molecule has 2 N–H and O–H groups in total. The van der Waals surface area contributed by atoms with E-state index in [2.05, 4.69) is 25.6 Å². The Labute approximate surface area is 164 Å². The second-order valence-electron chi connectivity index (χ2n) is 6.55. The Morgan fingerprint density at radius 2 is 1.93 bits per heavy atom. The van der Waals surface area contributed by atoms with Crippen molar-refractivity contribution >= 4 is 17.4 Å². The summed E-state index contributed by atoms with van der Waals surface area (Å²) in [5, 5.41) is 6.04. The van der Waals surface area contributed by atoms with E-state index in [1.807, 2.05) is 38.1 Å². The highest BCUT2D eigenvalue weighted by atomic mass is 16.5. The predicted octanol–water partition coefficient (Wildman–Crippen LogP) is 3.83. The second-order valence-corrected chi connectivity index (χ2v) is 6.55. The minimum Gasteiger partial charge on any atom is -0.491 e. The molecule has 0 radical (unpaired) electrons. The minimum atomic E-state index is -0.299. The molecule has 0 saturated heterocycles. The van der Waals surface area contributed by atoms with E-state index < -0.39 is 0 Å². The van der Waals surface area contributed by atoms with Crippen molar-refractivity contribution in [1.82, 2.24) is 15.0 Å². The summed E-state index contributed by atoms with van der Waals surface area (Å²) in [7, 11) is 0. The number of aryl methyl sites for hydroxylation is 1. The first-order chi connectivity index (χ1) is 13.5. The summed E-state index contributed by atoms with van der Waals surface area (Å²) in [5.41, 5.74) is 1.99. The highest BCUT2D eigenvalue weighted by Gasteiger charge is 2.11. The average Bonchev–Trinajstić information content (AvgIpc) is 2.68. The van der Waals surface area contributed by atoms with Crippen molar-refractivity contribution < 1.29 is 9.53 Å². The molecule has 2 heterocycles. The Balaban J connectivity index is 1.66. The van der Waals surface area contributed by atoms with Gasteiger partial charge >= 0.3 is 0 Å². The van der Waals surface area contributed by atoms with Crippen LogP contribution in [0.2, 0.25) is 0 Å². The van der Waals surface area contributed by atoms with Gasteiger partial charge in [0, 0.05) is 30.7 Å². The van der Waals surface area contributed by atoms with Gasteiger partial charge in [0.1, 0.15) is 23.1 Å². The number of amides is 1. The number of hydrogen-bond donors (Lipinski definition) is 2. The van der Waals surface area contributed by atoms with Gasteiger partial charge in [0.05, 0.1) is 6.10 Å². The van der Waals surface area contributed by atoms with Gasteiger partial charge in [-0.3, -0.25) is 9.78 Å². The van der Waals surface area contributed by atoms with Crippen LogP contribution in [0.3, 0.4) is 0 Å². The minimum absolute atomic E-state index is 0.0991. The zero-order valence-corrected chi connectivity index (χ0v) is 16.1. The molecule has 1 aromatic carbocycles. The number of carbonyl (C=O) groups excluding carboxylic acids is 1. The Kier molecular flexibility index (Phi) is 6.16. The van der Waals surface area contributed by atoms with E-state index in [0.717, 1.165) is 11.3 Å². The highest BCUT2D eigenvalue weighted by molar-refractivity contribution is 6.03. The fourth-order valence-corrected chi connectivity index (χ4v) is 2.55. The third-order valence-electron chi connectivity index (χ3n) is 3.75. The van der Waals surface area contributed by atoms with E-state index in [1.54, 1.807) is 37.5 Å². The Morgan fingerprint density at radius 3 is 2.61 bits per heavy atom. The lowest BCUT2D eigenvalue weighted by Gasteiger charge is -2.11. The van der Waals surface area contributed by atoms with Gasteiger partial charge in [-0.05, 0) is 56.7 Å². The molecule has 7 heteroatoms. The van der Waals surface area contributed by atoms with Gasteiger partial charge in [-0.15, -0.1) is 0 Å². The summed E-state index contributed by atoms with van der Waals surface area (Å²) >= 11 is 0. The predicted molar refractivity (Wildman–Crippen MR) is 108 cm³/mol. The second kappa shape index (κ2) is 8.94. The van der Waals surface area contributed by atoms with Crippen molar-refractivity contribution in [3.63, 3.8) is 0 Å². The molecule has 0 aliphatic heterocycles. The van der Waals surface area contributed by atoms with Gasteiger partial charge in [-0.1, -0.05) is 6.07 Å². The standard InChI is InChI=1S/C21H23N5O2/c1-14(2)28-18-8-6-17(7-9-18)26-21(27)19-11-20(25-15(3)24-19)23-13-16-5-4-10-22-12-16/h4-12,14H,13H2,1-3H3,(H,26,27)(H,23,24,25). The van der Waals surface area contributed by atoms with E-state index in [4.69, 9.17) is 4.74 Å². The van der Waals surface area contributed by atoms with Crippen molar-refractivity contribution in [3.8, 4) is 5.75 Å². The van der Waals surface area contributed by atoms with E-state index in [0.29, 0.717) is 29.6 Å². The number of rotatable bonds is 7. The topological polar surface area (TPSA) is 89.0 Å². The molecule has 0 aliphatic rings. The van der Waals surface area contributed by atoms with Crippen molar-refractivity contribution in [2.45, 2.75) is 33.4 Å². The Hall–Kier alpha value is -3.48. The number of nitrogens with zero attached hydrogens (tertiary/aromatic N) is 3. The number of benzene rings is 1. The van der Waals surface area contributed by atoms with Crippen LogP contribution in [0.5, 0.6) is 5.75 Å². The number of aromatic nitrogens is 3. The fraction of sp³-hybridized carbons (Fsp3) is 0.238. The van der Waals surface area contributed by atoms with Gasteiger partial charge in [0.25, 0.3) is 5.91 Å². The summed E-state index contributed by atoms with van der Waals surface area (Å²) < 4.78 is 5.61.